The van der Waals surface area contributed by atoms with Crippen molar-refractivity contribution in [1.82, 2.24) is 9.37 Å². The number of carbonyl (C=O) groups is 1. The zero-order valence-corrected chi connectivity index (χ0v) is 17.2. The van der Waals surface area contributed by atoms with Crippen LogP contribution in [0.5, 0.6) is 0 Å². The third-order valence-electron chi connectivity index (χ3n) is 4.57. The van der Waals surface area contributed by atoms with E-state index in [4.69, 9.17) is 4.74 Å². The van der Waals surface area contributed by atoms with Crippen LogP contribution in [0.4, 0.5) is 0 Å². The van der Waals surface area contributed by atoms with Gasteiger partial charge in [0.25, 0.3) is 0 Å². The van der Waals surface area contributed by atoms with Crippen LogP contribution < -0.4 is 0 Å². The van der Waals surface area contributed by atoms with E-state index in [1.807, 2.05) is 52.0 Å². The van der Waals surface area contributed by atoms with Crippen molar-refractivity contribution in [2.75, 3.05) is 12.3 Å². The highest BCUT2D eigenvalue weighted by Crippen LogP contribution is 2.34. The minimum Gasteiger partial charge on any atom is -0.355 e. The lowest BCUT2D eigenvalue weighted by molar-refractivity contribution is -0.159. The largest absolute Gasteiger partial charge is 0.355 e. The van der Waals surface area contributed by atoms with E-state index in [9.17, 15) is 18.4 Å². The van der Waals surface area contributed by atoms with Crippen LogP contribution in [0.2, 0.25) is 0 Å². The Hall–Kier alpha value is -1.48. The summed E-state index contributed by atoms with van der Waals surface area (Å²) in [6.07, 6.45) is 0.376. The number of rotatable bonds is 9. The molecule has 0 fully saturated rings. The smallest absolute Gasteiger partial charge is 0.233 e. The maximum Gasteiger partial charge on any atom is 0.233 e. The second-order valence-electron chi connectivity index (χ2n) is 7.64. The van der Waals surface area contributed by atoms with Gasteiger partial charge < -0.3 is 4.74 Å². The van der Waals surface area contributed by atoms with Crippen molar-refractivity contribution in [2.24, 2.45) is 5.92 Å². The first-order chi connectivity index (χ1) is 12.7. The van der Waals surface area contributed by atoms with Gasteiger partial charge in [-0.2, -0.15) is 4.31 Å². The predicted molar refractivity (Wildman–Crippen MR) is 103 cm³/mol. The first kappa shape index (κ1) is 21.8. The fraction of sp³-hybridized carbons (Fsp3) is 0.632. The Kier molecular flexibility index (Phi) is 7.39. The lowest BCUT2D eigenvalue weighted by atomic mass is 10.00. The molecule has 0 saturated heterocycles. The van der Waals surface area contributed by atoms with E-state index in [0.29, 0.717) is 24.4 Å². The number of fused-ring (bicyclic) bond motifs is 1. The van der Waals surface area contributed by atoms with E-state index in [0.717, 1.165) is 11.1 Å². The molecule has 0 aliphatic carbocycles. The van der Waals surface area contributed by atoms with Gasteiger partial charge in [0.05, 0.1) is 17.9 Å². The maximum atomic E-state index is 13.2. The molecule has 0 saturated carbocycles. The number of nitrogens with zero attached hydrogens (tertiary/aromatic N) is 2. The summed E-state index contributed by atoms with van der Waals surface area (Å²) in [6.45, 7) is 7.87. The number of hydroxylamine groups is 2. The molecule has 7 nitrogen and oxygen atoms in total. The summed E-state index contributed by atoms with van der Waals surface area (Å²) in [7, 11) is -3.77. The van der Waals surface area contributed by atoms with Crippen molar-refractivity contribution in [3.8, 4) is 0 Å². The van der Waals surface area contributed by atoms with Crippen molar-refractivity contribution in [3.63, 3.8) is 0 Å². The van der Waals surface area contributed by atoms with Crippen LogP contribution in [0.1, 0.15) is 51.5 Å². The molecular formula is C19H30N2O5S. The molecule has 2 unspecified atom stereocenters. The number of benzene rings is 1. The Morgan fingerprint density at radius 3 is 2.56 bits per heavy atom. The van der Waals surface area contributed by atoms with Gasteiger partial charge in [-0.25, -0.2) is 13.5 Å². The van der Waals surface area contributed by atoms with Crippen LogP contribution in [-0.4, -0.2) is 53.8 Å². The quantitative estimate of drug-likeness (QED) is 0.392. The van der Waals surface area contributed by atoms with Gasteiger partial charge in [-0.1, -0.05) is 38.1 Å². The van der Waals surface area contributed by atoms with Gasteiger partial charge in [-0.3, -0.25) is 10.0 Å². The molecule has 0 bridgehead atoms. The molecule has 2 rings (SSSR count). The summed E-state index contributed by atoms with van der Waals surface area (Å²) in [5, 5.41) is 10.3. The average molecular weight is 399 g/mol. The van der Waals surface area contributed by atoms with Gasteiger partial charge in [0.2, 0.25) is 16.4 Å². The molecule has 1 heterocycles. The van der Waals surface area contributed by atoms with Crippen LogP contribution in [0, 0.1) is 5.92 Å². The first-order valence-electron chi connectivity index (χ1n) is 9.31. The molecule has 0 radical (unpaired) electrons. The molecule has 152 valence electrons. The summed E-state index contributed by atoms with van der Waals surface area (Å²) in [5.41, 5.74) is 1.92. The third kappa shape index (κ3) is 5.51. The molecule has 1 aliphatic heterocycles. The predicted octanol–water partition coefficient (Wildman–Crippen LogP) is 2.56. The molecule has 1 aromatic rings. The van der Waals surface area contributed by atoms with Crippen molar-refractivity contribution in [3.05, 3.63) is 35.4 Å². The van der Waals surface area contributed by atoms with Crippen LogP contribution in [0.3, 0.4) is 0 Å². The number of hydrogen-bond donors (Lipinski definition) is 1. The Bertz CT molecular complexity index is 735. The summed E-state index contributed by atoms with van der Waals surface area (Å²) in [4.78, 5) is 11.0. The molecule has 0 spiro atoms. The van der Waals surface area contributed by atoms with E-state index < -0.39 is 22.3 Å². The summed E-state index contributed by atoms with van der Waals surface area (Å²) < 4.78 is 33.7. The highest BCUT2D eigenvalue weighted by molar-refractivity contribution is 7.89. The maximum absolute atomic E-state index is 13.2. The summed E-state index contributed by atoms with van der Waals surface area (Å²) in [6, 6.07) is 6.87. The minimum absolute atomic E-state index is 0.129. The summed E-state index contributed by atoms with van der Waals surface area (Å²) >= 11 is 0. The van der Waals surface area contributed by atoms with Crippen LogP contribution in [-0.2, 0) is 26.0 Å². The van der Waals surface area contributed by atoms with E-state index in [1.54, 1.807) is 0 Å². The Labute approximate surface area is 161 Å². The van der Waals surface area contributed by atoms with E-state index in [-0.39, 0.29) is 24.2 Å². The van der Waals surface area contributed by atoms with Crippen molar-refractivity contribution in [1.29, 1.82) is 0 Å². The lowest BCUT2D eigenvalue weighted by Gasteiger charge is -2.38. The zero-order valence-electron chi connectivity index (χ0n) is 16.4. The molecule has 8 heteroatoms. The molecular weight excluding hydrogens is 368 g/mol. The topological polar surface area (TPSA) is 87.2 Å². The standard InChI is InChI=1S/C19H30N2O5S/c1-14(2)11-17(20(23)13-22)12-27(24,25)21-10-9-16-7-5-6-8-18(16)19(21)26-15(3)4/h5-8,13-15,17,19,23H,9-12H2,1-4H3. The van der Waals surface area contributed by atoms with E-state index >= 15 is 0 Å². The molecule has 1 aromatic carbocycles. The average Bonchev–Trinajstić information content (AvgIpc) is 2.59. The molecule has 2 atom stereocenters. The number of hydrogen-bond acceptors (Lipinski definition) is 5. The van der Waals surface area contributed by atoms with Crippen molar-refractivity contribution >= 4 is 16.4 Å². The highest BCUT2D eigenvalue weighted by atomic mass is 32.2. The molecule has 1 amide bonds. The Balaban J connectivity index is 2.33. The first-order valence-corrected chi connectivity index (χ1v) is 10.9. The highest BCUT2D eigenvalue weighted by Gasteiger charge is 2.38. The Morgan fingerprint density at radius 1 is 1.30 bits per heavy atom. The van der Waals surface area contributed by atoms with Gasteiger partial charge in [-0.15, -0.1) is 0 Å². The Morgan fingerprint density at radius 2 is 1.96 bits per heavy atom. The monoisotopic (exact) mass is 398 g/mol. The second kappa shape index (κ2) is 9.14. The van der Waals surface area contributed by atoms with Gasteiger partial charge in [0.1, 0.15) is 6.23 Å². The SMILES string of the molecule is CC(C)CC(CS(=O)(=O)N1CCc2ccccc2C1OC(C)C)N(O)C=O. The van der Waals surface area contributed by atoms with E-state index in [2.05, 4.69) is 0 Å². The fourth-order valence-corrected chi connectivity index (χ4v) is 5.20. The molecule has 1 aliphatic rings. The number of ether oxygens (including phenoxy) is 1. The minimum atomic E-state index is -3.77. The number of sulfonamides is 1. The third-order valence-corrected chi connectivity index (χ3v) is 6.47. The zero-order chi connectivity index (χ0) is 20.2. The fourth-order valence-electron chi connectivity index (χ4n) is 3.41. The molecule has 1 N–H and O–H groups in total. The number of amides is 1. The summed E-state index contributed by atoms with van der Waals surface area (Å²) in [5.74, 6) is -0.217. The van der Waals surface area contributed by atoms with Gasteiger partial charge in [0, 0.05) is 6.54 Å². The molecule has 27 heavy (non-hydrogen) atoms. The second-order valence-corrected chi connectivity index (χ2v) is 9.61. The van der Waals surface area contributed by atoms with Gasteiger partial charge in [-0.05, 0) is 43.7 Å². The normalized spacial score (nSPS) is 19.1. The molecule has 0 aromatic heterocycles. The van der Waals surface area contributed by atoms with Crippen LogP contribution in [0.15, 0.2) is 24.3 Å². The van der Waals surface area contributed by atoms with Gasteiger partial charge >= 0.3 is 0 Å². The van der Waals surface area contributed by atoms with Gasteiger partial charge in [0.15, 0.2) is 0 Å². The van der Waals surface area contributed by atoms with Crippen molar-refractivity contribution < 1.29 is 23.2 Å². The lowest BCUT2D eigenvalue weighted by Crippen LogP contribution is -2.47. The van der Waals surface area contributed by atoms with Crippen molar-refractivity contribution in [2.45, 2.75) is 58.9 Å². The van der Waals surface area contributed by atoms with E-state index in [1.165, 1.54) is 4.31 Å². The van der Waals surface area contributed by atoms with Crippen LogP contribution >= 0.6 is 0 Å². The number of carbonyl (C=O) groups excluding carboxylic acids is 1. The van der Waals surface area contributed by atoms with Crippen LogP contribution in [0.25, 0.3) is 0 Å².